The molecule has 1 fully saturated rings. The van der Waals surface area contributed by atoms with Crippen molar-refractivity contribution in [1.82, 2.24) is 4.90 Å². The monoisotopic (exact) mass is 456 g/mol. The fourth-order valence-electron chi connectivity index (χ4n) is 2.13. The minimum atomic E-state index is -1.37. The summed E-state index contributed by atoms with van der Waals surface area (Å²) in [5, 5.41) is 11.3. The zero-order valence-electron chi connectivity index (χ0n) is 12.3. The minimum absolute atomic E-state index is 0.173. The highest BCUT2D eigenvalue weighted by Gasteiger charge is 2.32. The number of hydrogen-bond acceptors (Lipinski definition) is 6. The Morgan fingerprint density at radius 2 is 2.16 bits per heavy atom. The molecule has 0 aliphatic carbocycles. The maximum Gasteiger partial charge on any atom is 0.266 e. The minimum Gasteiger partial charge on any atom is -0.548 e. The van der Waals surface area contributed by atoms with Crippen LogP contribution in [0.2, 0.25) is 5.02 Å². The third-order valence-corrected chi connectivity index (χ3v) is 5.88. The summed E-state index contributed by atoms with van der Waals surface area (Å²) < 4.78 is 6.67. The van der Waals surface area contributed by atoms with Crippen molar-refractivity contribution >= 4 is 73.8 Å². The van der Waals surface area contributed by atoms with Gasteiger partial charge >= 0.3 is 0 Å². The first-order valence-electron chi connectivity index (χ1n) is 6.85. The van der Waals surface area contributed by atoms with Crippen molar-refractivity contribution in [2.75, 3.05) is 6.54 Å². The van der Waals surface area contributed by atoms with Crippen molar-refractivity contribution < 1.29 is 19.1 Å². The molecule has 1 aliphatic rings. The van der Waals surface area contributed by atoms with Gasteiger partial charge in [-0.25, -0.2) is 0 Å². The molecule has 2 aromatic rings. The molecule has 0 unspecified atom stereocenters. The van der Waals surface area contributed by atoms with Crippen LogP contribution in [0.25, 0.3) is 17.4 Å². The van der Waals surface area contributed by atoms with E-state index in [9.17, 15) is 14.7 Å². The molecule has 9 heteroatoms. The van der Waals surface area contributed by atoms with Gasteiger partial charge in [0, 0.05) is 16.1 Å². The van der Waals surface area contributed by atoms with Crippen molar-refractivity contribution in [2.45, 2.75) is 0 Å². The Hall–Kier alpha value is -1.61. The highest BCUT2D eigenvalue weighted by atomic mass is 79.9. The van der Waals surface area contributed by atoms with E-state index in [4.69, 9.17) is 28.2 Å². The first-order chi connectivity index (χ1) is 11.8. The van der Waals surface area contributed by atoms with Gasteiger partial charge in [-0.2, -0.15) is 0 Å². The topological polar surface area (TPSA) is 73.6 Å². The molecule has 1 amide bonds. The molecular formula is C16H8BrClNO4S2-. The van der Waals surface area contributed by atoms with Crippen molar-refractivity contribution in [2.24, 2.45) is 0 Å². The number of carbonyl (C=O) groups is 2. The Kier molecular flexibility index (Phi) is 5.33. The van der Waals surface area contributed by atoms with Crippen LogP contribution in [0, 0.1) is 0 Å². The van der Waals surface area contributed by atoms with E-state index in [2.05, 4.69) is 15.9 Å². The lowest BCUT2D eigenvalue weighted by Gasteiger charge is -2.14. The van der Waals surface area contributed by atoms with Crippen LogP contribution in [0.5, 0.6) is 0 Å². The number of rotatable bonds is 4. The summed E-state index contributed by atoms with van der Waals surface area (Å²) in [6.45, 7) is -0.567. The number of carboxylic acids is 1. The second-order valence-electron chi connectivity index (χ2n) is 4.97. The van der Waals surface area contributed by atoms with Crippen LogP contribution in [-0.2, 0) is 9.59 Å². The predicted octanol–water partition coefficient (Wildman–Crippen LogP) is 3.31. The molecule has 0 saturated carbocycles. The van der Waals surface area contributed by atoms with Crippen LogP contribution in [0.3, 0.4) is 0 Å². The average molecular weight is 458 g/mol. The van der Waals surface area contributed by atoms with Crippen molar-refractivity contribution in [3.05, 3.63) is 50.5 Å². The molecule has 0 bridgehead atoms. The number of carbonyl (C=O) groups excluding carboxylic acids is 2. The van der Waals surface area contributed by atoms with Gasteiger partial charge in [0.1, 0.15) is 15.8 Å². The average Bonchev–Trinajstić information content (AvgIpc) is 3.11. The maximum absolute atomic E-state index is 12.2. The number of aliphatic carboxylic acids is 1. The van der Waals surface area contributed by atoms with Crippen LogP contribution >= 0.6 is 51.5 Å². The Balaban J connectivity index is 1.84. The summed E-state index contributed by atoms with van der Waals surface area (Å²) >= 11 is 15.4. The number of halogens is 2. The van der Waals surface area contributed by atoms with E-state index in [0.29, 0.717) is 21.4 Å². The molecule has 3 rings (SSSR count). The number of thioether (sulfide) groups is 1. The lowest BCUT2D eigenvalue weighted by atomic mass is 10.2. The van der Waals surface area contributed by atoms with Gasteiger partial charge < -0.3 is 14.3 Å². The van der Waals surface area contributed by atoms with E-state index in [1.807, 2.05) is 12.1 Å². The van der Waals surface area contributed by atoms with Crippen LogP contribution < -0.4 is 5.11 Å². The van der Waals surface area contributed by atoms with Gasteiger partial charge in [0.2, 0.25) is 0 Å². The van der Waals surface area contributed by atoms with Crippen LogP contribution in [0.1, 0.15) is 5.76 Å². The van der Waals surface area contributed by atoms with E-state index in [1.54, 1.807) is 18.2 Å². The summed E-state index contributed by atoms with van der Waals surface area (Å²) in [5.41, 5.74) is 0.789. The van der Waals surface area contributed by atoms with Crippen molar-refractivity contribution in [3.63, 3.8) is 0 Å². The molecular weight excluding hydrogens is 450 g/mol. The highest BCUT2D eigenvalue weighted by molar-refractivity contribution is 9.10. The van der Waals surface area contributed by atoms with Crippen molar-refractivity contribution in [1.29, 1.82) is 0 Å². The van der Waals surface area contributed by atoms with Gasteiger partial charge in [-0.3, -0.25) is 9.69 Å². The number of furan rings is 1. The summed E-state index contributed by atoms with van der Waals surface area (Å²) in [5.74, 6) is -0.817. The largest absolute Gasteiger partial charge is 0.548 e. The maximum atomic E-state index is 12.2. The molecule has 0 atom stereocenters. The van der Waals surface area contributed by atoms with Gasteiger partial charge in [-0.15, -0.1) is 0 Å². The van der Waals surface area contributed by atoms with E-state index in [0.717, 1.165) is 26.7 Å². The SMILES string of the molecule is O=C([O-])CN1C(=O)/C(=C\c2ccc(-c3ccc(Br)c(Cl)c3)o2)SC1=S. The Labute approximate surface area is 165 Å². The molecule has 0 radical (unpaired) electrons. The third kappa shape index (κ3) is 3.98. The normalized spacial score (nSPS) is 16.1. The molecule has 1 aliphatic heterocycles. The lowest BCUT2D eigenvalue weighted by Crippen LogP contribution is -2.40. The first-order valence-corrected chi connectivity index (χ1v) is 9.25. The Bertz CT molecular complexity index is 925. The quantitative estimate of drug-likeness (QED) is 0.518. The molecule has 1 saturated heterocycles. The number of carboxylic acid groups (broad SMARTS) is 1. The first kappa shape index (κ1) is 18.2. The lowest BCUT2D eigenvalue weighted by molar-refractivity contribution is -0.305. The summed E-state index contributed by atoms with van der Waals surface area (Å²) in [6.07, 6.45) is 1.53. The smallest absolute Gasteiger partial charge is 0.266 e. The van der Waals surface area contributed by atoms with Crippen molar-refractivity contribution in [3.8, 4) is 11.3 Å². The number of thiocarbonyl (C=S) groups is 1. The summed E-state index contributed by atoms with van der Waals surface area (Å²) in [7, 11) is 0. The zero-order chi connectivity index (χ0) is 18.1. The number of nitrogens with zero attached hydrogens (tertiary/aromatic N) is 1. The molecule has 0 N–H and O–H groups in total. The zero-order valence-corrected chi connectivity index (χ0v) is 16.3. The predicted molar refractivity (Wildman–Crippen MR) is 102 cm³/mol. The van der Waals surface area contributed by atoms with E-state index in [-0.39, 0.29) is 4.32 Å². The molecule has 25 heavy (non-hydrogen) atoms. The second-order valence-corrected chi connectivity index (χ2v) is 7.91. The molecule has 5 nitrogen and oxygen atoms in total. The van der Waals surface area contributed by atoms with Gasteiger partial charge in [0.05, 0.1) is 22.4 Å². The third-order valence-electron chi connectivity index (χ3n) is 3.27. The molecule has 2 heterocycles. The Morgan fingerprint density at radius 1 is 1.40 bits per heavy atom. The van der Waals surface area contributed by atoms with Gasteiger partial charge in [-0.1, -0.05) is 41.6 Å². The number of amides is 1. The summed E-state index contributed by atoms with van der Waals surface area (Å²) in [4.78, 5) is 24.2. The van der Waals surface area contributed by atoms with Crippen LogP contribution in [0.15, 0.2) is 44.1 Å². The highest BCUT2D eigenvalue weighted by Crippen LogP contribution is 2.34. The van der Waals surface area contributed by atoms with E-state index in [1.165, 1.54) is 6.08 Å². The standard InChI is InChI=1S/C16H9BrClNO4S2/c17-10-3-1-8(5-11(10)18)12-4-2-9(23-12)6-13-15(22)19(7-14(20)21)16(24)25-13/h1-6H,7H2,(H,20,21)/p-1/b13-6+. The van der Waals surface area contributed by atoms with Crippen LogP contribution in [-0.4, -0.2) is 27.6 Å². The summed E-state index contributed by atoms with van der Waals surface area (Å²) in [6, 6.07) is 8.88. The molecule has 1 aromatic heterocycles. The van der Waals surface area contributed by atoms with E-state index >= 15 is 0 Å². The second kappa shape index (κ2) is 7.33. The van der Waals surface area contributed by atoms with Gasteiger partial charge in [0.15, 0.2) is 0 Å². The molecule has 1 aromatic carbocycles. The molecule has 128 valence electrons. The van der Waals surface area contributed by atoms with Gasteiger partial charge in [0.25, 0.3) is 5.91 Å². The number of benzene rings is 1. The number of hydrogen-bond donors (Lipinski definition) is 0. The fraction of sp³-hybridized carbons (Fsp3) is 0.0625. The van der Waals surface area contributed by atoms with E-state index < -0.39 is 18.4 Å². The Morgan fingerprint density at radius 3 is 2.84 bits per heavy atom. The molecule has 0 spiro atoms. The van der Waals surface area contributed by atoms with Gasteiger partial charge in [-0.05, 0) is 40.2 Å². The fourth-order valence-corrected chi connectivity index (χ4v) is 3.79. The van der Waals surface area contributed by atoms with Crippen LogP contribution in [0.4, 0.5) is 0 Å².